The molecule has 0 aliphatic heterocycles. The molecule has 1 aromatic heterocycles. The molecule has 0 atom stereocenters. The van der Waals surface area contributed by atoms with Gasteiger partial charge in [0.25, 0.3) is 0 Å². The molecule has 1 N–H and O–H groups in total. The second-order valence-corrected chi connectivity index (χ2v) is 5.90. The lowest BCUT2D eigenvalue weighted by Crippen LogP contribution is -2.16. The topological polar surface area (TPSA) is 39.1 Å². The Balaban J connectivity index is 1.59. The van der Waals surface area contributed by atoms with E-state index in [0.717, 1.165) is 29.3 Å². The highest BCUT2D eigenvalue weighted by atomic mass is 35.5. The van der Waals surface area contributed by atoms with Gasteiger partial charge in [-0.15, -0.1) is 0 Å². The van der Waals surface area contributed by atoms with Crippen molar-refractivity contribution in [3.8, 4) is 5.75 Å². The first-order valence-electron chi connectivity index (χ1n) is 7.33. The van der Waals surface area contributed by atoms with Crippen LogP contribution >= 0.6 is 11.6 Å². The lowest BCUT2D eigenvalue weighted by atomic mass is 10.2. The highest BCUT2D eigenvalue weighted by Gasteiger charge is 2.21. The normalized spacial score (nSPS) is 14.4. The van der Waals surface area contributed by atoms with Crippen molar-refractivity contribution < 1.29 is 4.74 Å². The summed E-state index contributed by atoms with van der Waals surface area (Å²) in [7, 11) is 1.92. The molecule has 2 aromatic rings. The summed E-state index contributed by atoms with van der Waals surface area (Å²) in [6.07, 6.45) is 7.26. The first kappa shape index (κ1) is 14.4. The van der Waals surface area contributed by atoms with Gasteiger partial charge < -0.3 is 10.1 Å². The zero-order valence-corrected chi connectivity index (χ0v) is 12.9. The van der Waals surface area contributed by atoms with Crippen LogP contribution in [0.1, 0.15) is 24.0 Å². The van der Waals surface area contributed by atoms with Crippen LogP contribution in [0, 0.1) is 0 Å². The Hall–Kier alpha value is -1.52. The molecule has 5 heteroatoms. The van der Waals surface area contributed by atoms with Crippen molar-refractivity contribution in [3.05, 3.63) is 46.7 Å². The minimum absolute atomic E-state index is 0.627. The summed E-state index contributed by atoms with van der Waals surface area (Å²) < 4.78 is 7.73. The average molecular weight is 306 g/mol. The van der Waals surface area contributed by atoms with Crippen LogP contribution in [0.25, 0.3) is 0 Å². The average Bonchev–Trinajstić information content (AvgIpc) is 3.20. The third-order valence-electron chi connectivity index (χ3n) is 3.63. The van der Waals surface area contributed by atoms with Crippen molar-refractivity contribution in [2.24, 2.45) is 7.05 Å². The number of ether oxygens (including phenoxy) is 1. The molecular weight excluding hydrogens is 286 g/mol. The fourth-order valence-electron chi connectivity index (χ4n) is 2.26. The van der Waals surface area contributed by atoms with Crippen LogP contribution in [-0.4, -0.2) is 22.4 Å². The minimum atomic E-state index is 0.627. The Kier molecular flexibility index (Phi) is 4.46. The molecule has 3 rings (SSSR count). The van der Waals surface area contributed by atoms with E-state index in [4.69, 9.17) is 16.3 Å². The summed E-state index contributed by atoms with van der Waals surface area (Å²) >= 11 is 6.30. The number of aromatic nitrogens is 2. The maximum atomic E-state index is 6.30. The Morgan fingerprint density at radius 1 is 1.43 bits per heavy atom. The summed E-state index contributed by atoms with van der Waals surface area (Å²) in [5, 5.41) is 8.41. The zero-order chi connectivity index (χ0) is 14.7. The largest absolute Gasteiger partial charge is 0.493 e. The number of benzene rings is 1. The first-order valence-corrected chi connectivity index (χ1v) is 7.71. The van der Waals surface area contributed by atoms with Crippen molar-refractivity contribution in [3.63, 3.8) is 0 Å². The van der Waals surface area contributed by atoms with E-state index < -0.39 is 0 Å². The fourth-order valence-corrected chi connectivity index (χ4v) is 2.49. The lowest BCUT2D eigenvalue weighted by Gasteiger charge is -2.13. The monoisotopic (exact) mass is 305 g/mol. The van der Waals surface area contributed by atoms with Crippen LogP contribution in [0.2, 0.25) is 5.02 Å². The van der Waals surface area contributed by atoms with Gasteiger partial charge in [0.05, 0.1) is 12.8 Å². The van der Waals surface area contributed by atoms with Crippen LogP contribution in [-0.2, 0) is 20.0 Å². The first-order chi connectivity index (χ1) is 10.2. The molecule has 0 unspecified atom stereocenters. The van der Waals surface area contributed by atoms with Gasteiger partial charge in [0.1, 0.15) is 5.75 Å². The predicted octanol–water partition coefficient (Wildman–Crippen LogP) is 2.95. The molecule has 112 valence electrons. The minimum Gasteiger partial charge on any atom is -0.493 e. The maximum Gasteiger partial charge on any atom is 0.125 e. The number of nitrogens with one attached hydrogen (secondary N) is 1. The SMILES string of the molecule is Cn1cc(CCOc2cccc(Cl)c2CNC2CC2)cn1. The molecule has 0 bridgehead atoms. The van der Waals surface area contributed by atoms with Gasteiger partial charge in [-0.05, 0) is 30.5 Å². The van der Waals surface area contributed by atoms with Crippen molar-refractivity contribution in [2.45, 2.75) is 31.8 Å². The van der Waals surface area contributed by atoms with Crippen LogP contribution in [0.4, 0.5) is 0 Å². The van der Waals surface area contributed by atoms with E-state index in [1.807, 2.05) is 37.6 Å². The molecule has 0 spiro atoms. The van der Waals surface area contributed by atoms with Crippen LogP contribution < -0.4 is 10.1 Å². The number of nitrogens with zero attached hydrogens (tertiary/aromatic N) is 2. The summed E-state index contributed by atoms with van der Waals surface area (Å²) in [6, 6.07) is 6.49. The third-order valence-corrected chi connectivity index (χ3v) is 3.98. The van der Waals surface area contributed by atoms with E-state index in [1.165, 1.54) is 18.4 Å². The molecule has 4 nitrogen and oxygen atoms in total. The Morgan fingerprint density at radius 2 is 2.29 bits per heavy atom. The van der Waals surface area contributed by atoms with Gasteiger partial charge in [-0.25, -0.2) is 0 Å². The van der Waals surface area contributed by atoms with Crippen molar-refractivity contribution in [1.82, 2.24) is 15.1 Å². The summed E-state index contributed by atoms with van der Waals surface area (Å²) in [5.74, 6) is 0.875. The molecule has 1 aliphatic rings. The number of hydrogen-bond donors (Lipinski definition) is 1. The standard InChI is InChI=1S/C16H20ClN3O/c1-20-11-12(9-19-20)7-8-21-16-4-2-3-15(17)14(16)10-18-13-5-6-13/h2-4,9,11,13,18H,5-8,10H2,1H3. The Morgan fingerprint density at radius 3 is 3.00 bits per heavy atom. The second-order valence-electron chi connectivity index (χ2n) is 5.49. The van der Waals surface area contributed by atoms with Crippen LogP contribution in [0.3, 0.4) is 0 Å². The summed E-state index contributed by atoms with van der Waals surface area (Å²) in [5.41, 5.74) is 2.23. The third kappa shape index (κ3) is 3.99. The van der Waals surface area contributed by atoms with Gasteiger partial charge in [0, 0.05) is 42.8 Å². The molecular formula is C16H20ClN3O. The number of hydrogen-bond acceptors (Lipinski definition) is 3. The molecule has 0 saturated heterocycles. The van der Waals surface area contributed by atoms with Gasteiger partial charge in [-0.3, -0.25) is 4.68 Å². The molecule has 1 aliphatic carbocycles. The van der Waals surface area contributed by atoms with Crippen LogP contribution in [0.15, 0.2) is 30.6 Å². The highest BCUT2D eigenvalue weighted by molar-refractivity contribution is 6.31. The molecule has 0 radical (unpaired) electrons. The van der Waals surface area contributed by atoms with E-state index in [1.54, 1.807) is 4.68 Å². The van der Waals surface area contributed by atoms with E-state index in [2.05, 4.69) is 10.4 Å². The maximum absolute atomic E-state index is 6.30. The van der Waals surface area contributed by atoms with E-state index >= 15 is 0 Å². The molecule has 1 saturated carbocycles. The predicted molar refractivity (Wildman–Crippen MR) is 83.7 cm³/mol. The van der Waals surface area contributed by atoms with Crippen LogP contribution in [0.5, 0.6) is 5.75 Å². The smallest absolute Gasteiger partial charge is 0.125 e. The van der Waals surface area contributed by atoms with E-state index in [0.29, 0.717) is 12.6 Å². The van der Waals surface area contributed by atoms with Gasteiger partial charge in [-0.2, -0.15) is 5.10 Å². The molecule has 0 amide bonds. The van der Waals surface area contributed by atoms with Gasteiger partial charge in [-0.1, -0.05) is 17.7 Å². The highest BCUT2D eigenvalue weighted by Crippen LogP contribution is 2.28. The Bertz CT molecular complexity index is 607. The van der Waals surface area contributed by atoms with E-state index in [-0.39, 0.29) is 0 Å². The molecule has 1 fully saturated rings. The fraction of sp³-hybridized carbons (Fsp3) is 0.438. The molecule has 1 aromatic carbocycles. The van der Waals surface area contributed by atoms with Gasteiger partial charge in [0.15, 0.2) is 0 Å². The number of halogens is 1. The van der Waals surface area contributed by atoms with Gasteiger partial charge >= 0.3 is 0 Å². The van der Waals surface area contributed by atoms with Crippen molar-refractivity contribution in [1.29, 1.82) is 0 Å². The quantitative estimate of drug-likeness (QED) is 0.855. The lowest BCUT2D eigenvalue weighted by molar-refractivity contribution is 0.317. The molecule has 21 heavy (non-hydrogen) atoms. The van der Waals surface area contributed by atoms with E-state index in [9.17, 15) is 0 Å². The van der Waals surface area contributed by atoms with Crippen molar-refractivity contribution in [2.75, 3.05) is 6.61 Å². The number of rotatable bonds is 7. The zero-order valence-electron chi connectivity index (χ0n) is 12.2. The number of aryl methyl sites for hydroxylation is 1. The Labute approximate surface area is 130 Å². The second kappa shape index (κ2) is 6.50. The summed E-state index contributed by atoms with van der Waals surface area (Å²) in [6.45, 7) is 1.40. The van der Waals surface area contributed by atoms with Crippen molar-refractivity contribution >= 4 is 11.6 Å². The van der Waals surface area contributed by atoms with Gasteiger partial charge in [0.2, 0.25) is 0 Å². The summed E-state index contributed by atoms with van der Waals surface area (Å²) in [4.78, 5) is 0. The molecule has 1 heterocycles.